The van der Waals surface area contributed by atoms with Crippen molar-refractivity contribution in [1.29, 1.82) is 0 Å². The van der Waals surface area contributed by atoms with Crippen LogP contribution in [0.25, 0.3) is 5.57 Å². The van der Waals surface area contributed by atoms with Gasteiger partial charge in [0.1, 0.15) is 5.16 Å². The predicted molar refractivity (Wildman–Crippen MR) is 61.5 cm³/mol. The standard InChI is InChI=1S/C10H10Cl2N2/c11-9(13)6-8(10(12)14)7-4-2-1-3-5-7/h1-6H,13-14H2/b9-6-,10-8?. The summed E-state index contributed by atoms with van der Waals surface area (Å²) < 4.78 is 0. The zero-order valence-corrected chi connectivity index (χ0v) is 8.89. The summed E-state index contributed by atoms with van der Waals surface area (Å²) in [7, 11) is 0. The molecule has 4 N–H and O–H groups in total. The number of hydrogen-bond donors (Lipinski definition) is 2. The highest BCUT2D eigenvalue weighted by Gasteiger charge is 2.02. The predicted octanol–water partition coefficient (Wildman–Crippen LogP) is 2.59. The van der Waals surface area contributed by atoms with Crippen molar-refractivity contribution in [2.45, 2.75) is 0 Å². The molecule has 0 aromatic heterocycles. The maximum Gasteiger partial charge on any atom is 0.107 e. The minimum Gasteiger partial charge on any atom is -0.389 e. The average Bonchev–Trinajstić information content (AvgIpc) is 2.15. The first-order valence-electron chi connectivity index (χ1n) is 3.94. The van der Waals surface area contributed by atoms with E-state index in [4.69, 9.17) is 34.7 Å². The summed E-state index contributed by atoms with van der Waals surface area (Å²) in [4.78, 5) is 0. The number of hydrogen-bond acceptors (Lipinski definition) is 2. The van der Waals surface area contributed by atoms with E-state index in [-0.39, 0.29) is 10.3 Å². The molecule has 14 heavy (non-hydrogen) atoms. The summed E-state index contributed by atoms with van der Waals surface area (Å²) >= 11 is 11.3. The molecule has 1 aromatic rings. The highest BCUT2D eigenvalue weighted by Crippen LogP contribution is 2.20. The molecule has 0 fully saturated rings. The SMILES string of the molecule is NC(Cl)=C(/C=C(\N)Cl)c1ccccc1. The summed E-state index contributed by atoms with van der Waals surface area (Å²) in [5, 5.41) is 0.312. The molecule has 0 bridgehead atoms. The largest absolute Gasteiger partial charge is 0.389 e. The number of benzene rings is 1. The summed E-state index contributed by atoms with van der Waals surface area (Å²) in [5.41, 5.74) is 12.4. The molecule has 0 amide bonds. The van der Waals surface area contributed by atoms with E-state index >= 15 is 0 Å². The van der Waals surface area contributed by atoms with Crippen LogP contribution >= 0.6 is 23.2 Å². The highest BCUT2D eigenvalue weighted by molar-refractivity contribution is 6.34. The average molecular weight is 229 g/mol. The smallest absolute Gasteiger partial charge is 0.107 e. The first-order valence-corrected chi connectivity index (χ1v) is 4.70. The summed E-state index contributed by atoms with van der Waals surface area (Å²) in [6.45, 7) is 0. The van der Waals surface area contributed by atoms with Gasteiger partial charge in [-0.3, -0.25) is 0 Å². The summed E-state index contributed by atoms with van der Waals surface area (Å²) in [5.74, 6) is 0. The molecule has 0 aliphatic heterocycles. The van der Waals surface area contributed by atoms with Crippen LogP contribution in [0.15, 0.2) is 46.7 Å². The normalized spacial score (nSPS) is 13.7. The number of nitrogens with two attached hydrogens (primary N) is 2. The molecule has 0 saturated heterocycles. The second-order valence-electron chi connectivity index (χ2n) is 2.66. The van der Waals surface area contributed by atoms with Crippen molar-refractivity contribution in [3.8, 4) is 0 Å². The maximum atomic E-state index is 5.72. The van der Waals surface area contributed by atoms with Gasteiger partial charge in [0.05, 0.1) is 5.16 Å². The van der Waals surface area contributed by atoms with E-state index in [1.54, 1.807) is 0 Å². The van der Waals surface area contributed by atoms with Gasteiger partial charge in [-0.2, -0.15) is 0 Å². The van der Waals surface area contributed by atoms with Crippen molar-refractivity contribution in [3.05, 3.63) is 52.3 Å². The first kappa shape index (κ1) is 11.0. The van der Waals surface area contributed by atoms with Gasteiger partial charge in [0.25, 0.3) is 0 Å². The molecule has 0 spiro atoms. The van der Waals surface area contributed by atoms with Crippen molar-refractivity contribution in [3.63, 3.8) is 0 Å². The van der Waals surface area contributed by atoms with E-state index in [0.717, 1.165) is 5.56 Å². The molecule has 0 aliphatic rings. The highest BCUT2D eigenvalue weighted by atomic mass is 35.5. The molecule has 0 radical (unpaired) electrons. The van der Waals surface area contributed by atoms with Gasteiger partial charge >= 0.3 is 0 Å². The maximum absolute atomic E-state index is 5.72. The van der Waals surface area contributed by atoms with E-state index in [0.29, 0.717) is 5.57 Å². The molecule has 4 heteroatoms. The molecule has 0 saturated carbocycles. The summed E-state index contributed by atoms with van der Waals surface area (Å²) in [6.07, 6.45) is 1.53. The van der Waals surface area contributed by atoms with Gasteiger partial charge in [0.2, 0.25) is 0 Å². The van der Waals surface area contributed by atoms with E-state index in [2.05, 4.69) is 0 Å². The van der Waals surface area contributed by atoms with Crippen LogP contribution in [-0.4, -0.2) is 0 Å². The molecule has 1 aromatic carbocycles. The molecule has 0 atom stereocenters. The van der Waals surface area contributed by atoms with Crippen LogP contribution in [0.4, 0.5) is 0 Å². The Morgan fingerprint density at radius 1 is 1.07 bits per heavy atom. The minimum atomic E-state index is 0.146. The fourth-order valence-corrected chi connectivity index (χ4v) is 1.32. The molecule has 74 valence electrons. The Morgan fingerprint density at radius 2 is 1.64 bits per heavy atom. The Hall–Kier alpha value is -1.12. The van der Waals surface area contributed by atoms with Gasteiger partial charge in [0.15, 0.2) is 0 Å². The second-order valence-corrected chi connectivity index (χ2v) is 3.50. The molecule has 1 rings (SSSR count). The van der Waals surface area contributed by atoms with Gasteiger partial charge in [-0.1, -0.05) is 53.5 Å². The Morgan fingerprint density at radius 3 is 2.07 bits per heavy atom. The lowest BCUT2D eigenvalue weighted by Gasteiger charge is -2.03. The van der Waals surface area contributed by atoms with Crippen LogP contribution in [0.3, 0.4) is 0 Å². The van der Waals surface area contributed by atoms with E-state index in [1.165, 1.54) is 6.08 Å². The van der Waals surface area contributed by atoms with E-state index in [9.17, 15) is 0 Å². The zero-order valence-electron chi connectivity index (χ0n) is 7.37. The quantitative estimate of drug-likeness (QED) is 0.604. The third-order valence-corrected chi connectivity index (χ3v) is 1.94. The van der Waals surface area contributed by atoms with E-state index in [1.807, 2.05) is 30.3 Å². The van der Waals surface area contributed by atoms with Gasteiger partial charge < -0.3 is 11.5 Å². The molecular formula is C10H10Cl2N2. The minimum absolute atomic E-state index is 0.146. The fourth-order valence-electron chi connectivity index (χ4n) is 1.05. The van der Waals surface area contributed by atoms with Crippen molar-refractivity contribution >= 4 is 28.8 Å². The lowest BCUT2D eigenvalue weighted by atomic mass is 10.1. The topological polar surface area (TPSA) is 52.0 Å². The Bertz CT molecular complexity index is 361. The number of rotatable bonds is 2. The Balaban J connectivity index is 3.17. The Kier molecular flexibility index (Phi) is 3.86. The van der Waals surface area contributed by atoms with Crippen LogP contribution < -0.4 is 11.5 Å². The molecule has 0 heterocycles. The number of halogens is 2. The van der Waals surface area contributed by atoms with E-state index < -0.39 is 0 Å². The van der Waals surface area contributed by atoms with Gasteiger partial charge in [-0.25, -0.2) is 0 Å². The zero-order chi connectivity index (χ0) is 10.6. The molecule has 0 unspecified atom stereocenters. The molecule has 0 aliphatic carbocycles. The Labute approximate surface area is 92.8 Å². The van der Waals surface area contributed by atoms with Gasteiger partial charge in [-0.15, -0.1) is 0 Å². The third kappa shape index (κ3) is 2.98. The first-order chi connectivity index (χ1) is 6.61. The van der Waals surface area contributed by atoms with Crippen molar-refractivity contribution in [2.24, 2.45) is 11.5 Å². The second kappa shape index (κ2) is 4.94. The van der Waals surface area contributed by atoms with Crippen LogP contribution in [-0.2, 0) is 0 Å². The lowest BCUT2D eigenvalue weighted by molar-refractivity contribution is 1.48. The van der Waals surface area contributed by atoms with Crippen molar-refractivity contribution < 1.29 is 0 Å². The number of allylic oxidation sites excluding steroid dienone is 2. The lowest BCUT2D eigenvalue weighted by Crippen LogP contribution is -1.96. The van der Waals surface area contributed by atoms with Crippen LogP contribution in [0.5, 0.6) is 0 Å². The van der Waals surface area contributed by atoms with Gasteiger partial charge in [0, 0.05) is 5.57 Å². The molecular weight excluding hydrogens is 219 g/mol. The van der Waals surface area contributed by atoms with Crippen molar-refractivity contribution in [1.82, 2.24) is 0 Å². The van der Waals surface area contributed by atoms with Crippen LogP contribution in [0.2, 0.25) is 0 Å². The molecule has 2 nitrogen and oxygen atoms in total. The van der Waals surface area contributed by atoms with Crippen molar-refractivity contribution in [2.75, 3.05) is 0 Å². The van der Waals surface area contributed by atoms with Gasteiger partial charge in [-0.05, 0) is 11.6 Å². The van der Waals surface area contributed by atoms with Crippen LogP contribution in [0, 0.1) is 0 Å². The van der Waals surface area contributed by atoms with Crippen LogP contribution in [0.1, 0.15) is 5.56 Å². The summed E-state index contributed by atoms with van der Waals surface area (Å²) in [6, 6.07) is 9.42. The third-order valence-electron chi connectivity index (χ3n) is 1.62. The monoisotopic (exact) mass is 228 g/mol. The fraction of sp³-hybridized carbons (Fsp3) is 0.